The molecule has 2 heterocycles. The van der Waals surface area contributed by atoms with E-state index in [0.29, 0.717) is 21.7 Å². The van der Waals surface area contributed by atoms with Crippen LogP contribution in [0.5, 0.6) is 0 Å². The third kappa shape index (κ3) is 3.22. The van der Waals surface area contributed by atoms with Gasteiger partial charge in [0.25, 0.3) is 5.91 Å². The highest BCUT2D eigenvalue weighted by atomic mass is 19.1. The molecule has 1 aromatic carbocycles. The van der Waals surface area contributed by atoms with Crippen molar-refractivity contribution in [2.75, 3.05) is 6.54 Å². The van der Waals surface area contributed by atoms with E-state index in [2.05, 4.69) is 10.3 Å². The summed E-state index contributed by atoms with van der Waals surface area (Å²) in [5.74, 6) is -3.33. The minimum Gasteiger partial charge on any atom is -0.355 e. The Labute approximate surface area is 165 Å². The van der Waals surface area contributed by atoms with Crippen molar-refractivity contribution in [3.05, 3.63) is 57.9 Å². The van der Waals surface area contributed by atoms with Gasteiger partial charge in [0, 0.05) is 16.8 Å². The van der Waals surface area contributed by atoms with Gasteiger partial charge in [-0.1, -0.05) is 0 Å². The number of hydrogen-bond donors (Lipinski definition) is 2. The van der Waals surface area contributed by atoms with E-state index >= 15 is 0 Å². The highest BCUT2D eigenvalue weighted by Crippen LogP contribution is 2.31. The van der Waals surface area contributed by atoms with E-state index in [1.807, 2.05) is 0 Å². The number of urea groups is 1. The van der Waals surface area contributed by atoms with Gasteiger partial charge in [-0.05, 0) is 51.5 Å². The van der Waals surface area contributed by atoms with Crippen molar-refractivity contribution < 1.29 is 28.0 Å². The van der Waals surface area contributed by atoms with Crippen LogP contribution in [0.4, 0.5) is 13.6 Å². The minimum atomic E-state index is -1.85. The van der Waals surface area contributed by atoms with Crippen LogP contribution in [0.2, 0.25) is 0 Å². The molecule has 0 unspecified atom stereocenters. The van der Waals surface area contributed by atoms with E-state index in [-0.39, 0.29) is 17.0 Å². The van der Waals surface area contributed by atoms with Gasteiger partial charge in [0.15, 0.2) is 11.6 Å². The molecule has 1 aliphatic heterocycles. The van der Waals surface area contributed by atoms with Crippen molar-refractivity contribution in [2.24, 2.45) is 0 Å². The molecular weight excluding hydrogens is 384 g/mol. The van der Waals surface area contributed by atoms with Gasteiger partial charge in [0.1, 0.15) is 17.2 Å². The number of ketones is 2. The Bertz CT molecular complexity index is 1080. The Balaban J connectivity index is 1.92. The van der Waals surface area contributed by atoms with Gasteiger partial charge in [0.2, 0.25) is 0 Å². The van der Waals surface area contributed by atoms with Crippen LogP contribution in [0.3, 0.4) is 0 Å². The molecule has 0 aliphatic carbocycles. The average molecular weight is 403 g/mol. The van der Waals surface area contributed by atoms with Crippen LogP contribution < -0.4 is 5.32 Å². The number of imide groups is 1. The first-order chi connectivity index (χ1) is 13.5. The number of H-pyrrole nitrogens is 1. The SMILES string of the molecule is CC(=O)c1c(C)[nH]c(C(=O)CN2C(=O)N[C@@](C)(c3cc(F)ccc3F)C2=O)c1C. The third-order valence-corrected chi connectivity index (χ3v) is 5.11. The number of aromatic nitrogens is 1. The maximum absolute atomic E-state index is 14.2. The van der Waals surface area contributed by atoms with Crippen LogP contribution in [0, 0.1) is 25.5 Å². The third-order valence-electron chi connectivity index (χ3n) is 5.11. The van der Waals surface area contributed by atoms with Crippen molar-refractivity contribution in [2.45, 2.75) is 33.2 Å². The topological polar surface area (TPSA) is 99.3 Å². The van der Waals surface area contributed by atoms with Crippen molar-refractivity contribution >= 4 is 23.5 Å². The monoisotopic (exact) mass is 403 g/mol. The maximum atomic E-state index is 14.2. The number of carbonyl (C=O) groups excluding carboxylic acids is 4. The number of carbonyl (C=O) groups is 4. The van der Waals surface area contributed by atoms with Crippen LogP contribution in [0.25, 0.3) is 0 Å². The first-order valence-corrected chi connectivity index (χ1v) is 8.80. The molecule has 1 aromatic heterocycles. The Hall–Kier alpha value is -3.36. The van der Waals surface area contributed by atoms with Gasteiger partial charge < -0.3 is 10.3 Å². The molecule has 1 atom stereocenters. The number of halogens is 2. The number of aryl methyl sites for hydroxylation is 1. The molecule has 0 radical (unpaired) electrons. The Morgan fingerprint density at radius 3 is 2.41 bits per heavy atom. The summed E-state index contributed by atoms with van der Waals surface area (Å²) in [6, 6.07) is 1.68. The van der Waals surface area contributed by atoms with E-state index in [4.69, 9.17) is 0 Å². The normalized spacial score (nSPS) is 18.9. The Kier molecular flexibility index (Phi) is 4.86. The summed E-state index contributed by atoms with van der Waals surface area (Å²) >= 11 is 0. The standard InChI is InChI=1S/C20H19F2N3O4/c1-9-16(11(3)26)10(2)23-17(9)15(27)8-25-18(28)20(4,24-19(25)29)13-7-12(21)5-6-14(13)22/h5-7,23H,8H2,1-4H3,(H,24,29)/t20-/m0/s1. The van der Waals surface area contributed by atoms with Gasteiger partial charge in [-0.15, -0.1) is 0 Å². The summed E-state index contributed by atoms with van der Waals surface area (Å²) in [5.41, 5.74) is -0.782. The predicted octanol–water partition coefficient (Wildman–Crippen LogP) is 2.76. The zero-order valence-electron chi connectivity index (χ0n) is 16.3. The highest BCUT2D eigenvalue weighted by molar-refractivity contribution is 6.12. The molecule has 7 nitrogen and oxygen atoms in total. The zero-order valence-corrected chi connectivity index (χ0v) is 16.3. The van der Waals surface area contributed by atoms with Crippen LogP contribution in [0.15, 0.2) is 18.2 Å². The number of amides is 3. The van der Waals surface area contributed by atoms with Crippen LogP contribution in [-0.2, 0) is 10.3 Å². The number of hydrogen-bond acceptors (Lipinski definition) is 4. The number of rotatable bonds is 5. The van der Waals surface area contributed by atoms with Crippen molar-refractivity contribution in [3.8, 4) is 0 Å². The molecule has 1 fully saturated rings. The predicted molar refractivity (Wildman–Crippen MR) is 98.6 cm³/mol. The van der Waals surface area contributed by atoms with Crippen molar-refractivity contribution in [3.63, 3.8) is 0 Å². The van der Waals surface area contributed by atoms with Crippen LogP contribution in [0.1, 0.15) is 51.5 Å². The first-order valence-electron chi connectivity index (χ1n) is 8.80. The number of nitrogens with zero attached hydrogens (tertiary/aromatic N) is 1. The smallest absolute Gasteiger partial charge is 0.325 e. The lowest BCUT2D eigenvalue weighted by atomic mass is 9.91. The second-order valence-electron chi connectivity index (χ2n) is 7.17. The molecule has 3 amide bonds. The van der Waals surface area contributed by atoms with Gasteiger partial charge in [-0.3, -0.25) is 19.3 Å². The highest BCUT2D eigenvalue weighted by Gasteiger charge is 2.51. The van der Waals surface area contributed by atoms with Crippen LogP contribution >= 0.6 is 0 Å². The lowest BCUT2D eigenvalue weighted by molar-refractivity contribution is -0.130. The fourth-order valence-corrected chi connectivity index (χ4v) is 3.68. The van der Waals surface area contributed by atoms with E-state index < -0.39 is 41.4 Å². The molecule has 1 aliphatic rings. The minimum absolute atomic E-state index is 0.110. The van der Waals surface area contributed by atoms with Gasteiger partial charge in [0.05, 0.1) is 12.2 Å². The van der Waals surface area contributed by atoms with Gasteiger partial charge in [-0.25, -0.2) is 13.6 Å². The van der Waals surface area contributed by atoms with E-state index in [0.717, 1.165) is 18.2 Å². The Morgan fingerprint density at radius 1 is 1.17 bits per heavy atom. The largest absolute Gasteiger partial charge is 0.355 e. The van der Waals surface area contributed by atoms with E-state index in [1.54, 1.807) is 13.8 Å². The lowest BCUT2D eigenvalue weighted by Crippen LogP contribution is -2.42. The number of nitrogens with one attached hydrogen (secondary N) is 2. The van der Waals surface area contributed by atoms with Crippen LogP contribution in [-0.4, -0.2) is 39.9 Å². The summed E-state index contributed by atoms with van der Waals surface area (Å²) in [6.07, 6.45) is 0. The lowest BCUT2D eigenvalue weighted by Gasteiger charge is -2.22. The number of aromatic amines is 1. The molecule has 3 rings (SSSR count). The quantitative estimate of drug-likeness (QED) is 0.592. The summed E-state index contributed by atoms with van der Waals surface area (Å²) < 4.78 is 27.8. The summed E-state index contributed by atoms with van der Waals surface area (Å²) in [5, 5.41) is 2.33. The second kappa shape index (κ2) is 6.91. The molecule has 0 saturated carbocycles. The molecule has 152 valence electrons. The average Bonchev–Trinajstić information content (AvgIpc) is 3.05. The first kappa shape index (κ1) is 20.4. The summed E-state index contributed by atoms with van der Waals surface area (Å²) in [4.78, 5) is 53.2. The fourth-order valence-electron chi connectivity index (χ4n) is 3.68. The van der Waals surface area contributed by atoms with Crippen molar-refractivity contribution in [1.82, 2.24) is 15.2 Å². The molecule has 9 heteroatoms. The fraction of sp³-hybridized carbons (Fsp3) is 0.300. The second-order valence-corrected chi connectivity index (χ2v) is 7.17. The number of benzene rings is 1. The van der Waals surface area contributed by atoms with Gasteiger partial charge >= 0.3 is 6.03 Å². The summed E-state index contributed by atoms with van der Waals surface area (Å²) in [6.45, 7) is 5.22. The van der Waals surface area contributed by atoms with E-state index in [9.17, 15) is 28.0 Å². The zero-order chi connectivity index (χ0) is 21.7. The number of Topliss-reactive ketones (excluding diaryl/α,β-unsaturated/α-hetero) is 2. The summed E-state index contributed by atoms with van der Waals surface area (Å²) in [7, 11) is 0. The van der Waals surface area contributed by atoms with E-state index in [1.165, 1.54) is 13.8 Å². The molecule has 2 N–H and O–H groups in total. The van der Waals surface area contributed by atoms with Gasteiger partial charge in [-0.2, -0.15) is 0 Å². The molecule has 0 bridgehead atoms. The molecule has 0 spiro atoms. The Morgan fingerprint density at radius 2 is 1.83 bits per heavy atom. The molecule has 29 heavy (non-hydrogen) atoms. The maximum Gasteiger partial charge on any atom is 0.325 e. The molecular formula is C20H19F2N3O4. The molecule has 1 saturated heterocycles. The van der Waals surface area contributed by atoms with Crippen molar-refractivity contribution in [1.29, 1.82) is 0 Å². The molecule has 2 aromatic rings.